The first kappa shape index (κ1) is 12.2. The summed E-state index contributed by atoms with van der Waals surface area (Å²) in [6.07, 6.45) is 1.53. The number of nitrogens with one attached hydrogen (secondary N) is 1. The van der Waals surface area contributed by atoms with Crippen LogP contribution < -0.4 is 11.1 Å². The number of methoxy groups -OCH3 is 1. The van der Waals surface area contributed by atoms with Gasteiger partial charge in [0.2, 0.25) is 5.95 Å². The van der Waals surface area contributed by atoms with Gasteiger partial charge in [0.1, 0.15) is 11.9 Å². The van der Waals surface area contributed by atoms with Crippen molar-refractivity contribution < 1.29 is 9.53 Å². The summed E-state index contributed by atoms with van der Waals surface area (Å²) in [6, 6.07) is 1.20. The average Bonchev–Trinajstić information content (AvgIpc) is 2.24. The van der Waals surface area contributed by atoms with E-state index >= 15 is 0 Å². The molecule has 0 aromatic carbocycles. The van der Waals surface area contributed by atoms with Crippen molar-refractivity contribution in [1.82, 2.24) is 9.97 Å². The zero-order valence-electron chi connectivity index (χ0n) is 9.60. The van der Waals surface area contributed by atoms with Crippen LogP contribution in [-0.4, -0.2) is 29.1 Å². The molecule has 88 valence electrons. The van der Waals surface area contributed by atoms with Gasteiger partial charge in [-0.2, -0.15) is 4.98 Å². The molecule has 0 fully saturated rings. The molecule has 0 saturated carbocycles. The maximum atomic E-state index is 11.5. The number of anilines is 2. The molecule has 0 aliphatic heterocycles. The second-order valence-corrected chi connectivity index (χ2v) is 3.69. The highest BCUT2D eigenvalue weighted by atomic mass is 16.5. The topological polar surface area (TPSA) is 90.1 Å². The molecule has 0 aliphatic carbocycles. The van der Waals surface area contributed by atoms with Crippen LogP contribution >= 0.6 is 0 Å². The number of hydrogen-bond donors (Lipinski definition) is 2. The van der Waals surface area contributed by atoms with Crippen LogP contribution in [0.4, 0.5) is 11.8 Å². The summed E-state index contributed by atoms with van der Waals surface area (Å²) in [5, 5.41) is 2.96. The Morgan fingerprint density at radius 3 is 2.75 bits per heavy atom. The van der Waals surface area contributed by atoms with Crippen molar-refractivity contribution in [3.05, 3.63) is 12.3 Å². The van der Waals surface area contributed by atoms with E-state index in [9.17, 15) is 4.79 Å². The third-order valence-corrected chi connectivity index (χ3v) is 2.10. The molecule has 0 radical (unpaired) electrons. The first-order valence-electron chi connectivity index (χ1n) is 4.97. The number of nitrogens with two attached hydrogens (primary N) is 1. The van der Waals surface area contributed by atoms with Crippen molar-refractivity contribution in [2.75, 3.05) is 18.2 Å². The molecule has 1 heterocycles. The molecule has 6 heteroatoms. The van der Waals surface area contributed by atoms with Gasteiger partial charge in [-0.25, -0.2) is 9.78 Å². The predicted molar refractivity (Wildman–Crippen MR) is 60.7 cm³/mol. The minimum Gasteiger partial charge on any atom is -0.467 e. The van der Waals surface area contributed by atoms with Crippen molar-refractivity contribution >= 4 is 17.7 Å². The third kappa shape index (κ3) is 3.08. The van der Waals surface area contributed by atoms with Crippen LogP contribution in [0.1, 0.15) is 13.8 Å². The lowest BCUT2D eigenvalue weighted by atomic mass is 10.0. The van der Waals surface area contributed by atoms with Crippen LogP contribution in [0.3, 0.4) is 0 Å². The molecular formula is C10H16N4O2. The Kier molecular flexibility index (Phi) is 4.04. The predicted octanol–water partition coefficient (Wildman–Crippen LogP) is 0.668. The summed E-state index contributed by atoms with van der Waals surface area (Å²) in [6.45, 7) is 3.83. The van der Waals surface area contributed by atoms with Crippen LogP contribution in [-0.2, 0) is 9.53 Å². The molecule has 1 atom stereocenters. The molecule has 0 bridgehead atoms. The van der Waals surface area contributed by atoms with Gasteiger partial charge in [0, 0.05) is 6.20 Å². The van der Waals surface area contributed by atoms with E-state index in [2.05, 4.69) is 15.3 Å². The van der Waals surface area contributed by atoms with Gasteiger partial charge in [0.05, 0.1) is 7.11 Å². The second kappa shape index (κ2) is 5.29. The highest BCUT2D eigenvalue weighted by Crippen LogP contribution is 2.11. The molecule has 0 aliphatic rings. The van der Waals surface area contributed by atoms with Crippen LogP contribution in [0.15, 0.2) is 12.3 Å². The number of hydrogen-bond acceptors (Lipinski definition) is 6. The quantitative estimate of drug-likeness (QED) is 0.730. The molecule has 1 unspecified atom stereocenters. The summed E-state index contributed by atoms with van der Waals surface area (Å²) in [5.41, 5.74) is 5.44. The fourth-order valence-electron chi connectivity index (χ4n) is 1.24. The lowest BCUT2D eigenvalue weighted by Gasteiger charge is -2.20. The van der Waals surface area contributed by atoms with Crippen LogP contribution in [0, 0.1) is 5.92 Å². The molecule has 0 amide bonds. The summed E-state index contributed by atoms with van der Waals surface area (Å²) in [4.78, 5) is 19.2. The second-order valence-electron chi connectivity index (χ2n) is 3.69. The van der Waals surface area contributed by atoms with Gasteiger partial charge in [-0.1, -0.05) is 13.8 Å². The van der Waals surface area contributed by atoms with Crippen molar-refractivity contribution in [2.45, 2.75) is 19.9 Å². The Morgan fingerprint density at radius 2 is 2.25 bits per heavy atom. The largest absolute Gasteiger partial charge is 0.467 e. The number of nitrogen functional groups attached to an aromatic ring is 1. The average molecular weight is 224 g/mol. The van der Waals surface area contributed by atoms with E-state index in [1.165, 1.54) is 13.3 Å². The zero-order chi connectivity index (χ0) is 12.1. The first-order valence-corrected chi connectivity index (χ1v) is 4.97. The fraction of sp³-hybridized carbons (Fsp3) is 0.500. The van der Waals surface area contributed by atoms with Gasteiger partial charge < -0.3 is 15.8 Å². The standard InChI is InChI=1S/C10H16N4O2/c1-6(2)8(9(15)16-3)13-7-4-5-12-10(11)14-7/h4-6,8H,1-3H3,(H3,11,12,13,14). The maximum Gasteiger partial charge on any atom is 0.328 e. The van der Waals surface area contributed by atoms with E-state index in [0.717, 1.165) is 0 Å². The highest BCUT2D eigenvalue weighted by molar-refractivity contribution is 5.79. The molecule has 0 spiro atoms. The summed E-state index contributed by atoms with van der Waals surface area (Å²) in [5.74, 6) is 0.435. The summed E-state index contributed by atoms with van der Waals surface area (Å²) in [7, 11) is 1.35. The van der Waals surface area contributed by atoms with Gasteiger partial charge in [-0.15, -0.1) is 0 Å². The normalized spacial score (nSPS) is 12.2. The number of carbonyl (C=O) groups is 1. The smallest absolute Gasteiger partial charge is 0.328 e. The van der Waals surface area contributed by atoms with Crippen LogP contribution in [0.2, 0.25) is 0 Å². The van der Waals surface area contributed by atoms with E-state index in [-0.39, 0.29) is 17.8 Å². The van der Waals surface area contributed by atoms with E-state index in [0.29, 0.717) is 5.82 Å². The van der Waals surface area contributed by atoms with Gasteiger partial charge in [-0.3, -0.25) is 0 Å². The Labute approximate surface area is 94.2 Å². The molecule has 6 nitrogen and oxygen atoms in total. The van der Waals surface area contributed by atoms with E-state index in [4.69, 9.17) is 10.5 Å². The lowest BCUT2D eigenvalue weighted by molar-refractivity contribution is -0.142. The summed E-state index contributed by atoms with van der Waals surface area (Å²) >= 11 is 0. The van der Waals surface area contributed by atoms with Crippen molar-refractivity contribution in [1.29, 1.82) is 0 Å². The Hall–Kier alpha value is -1.85. The molecule has 1 rings (SSSR count). The van der Waals surface area contributed by atoms with E-state index < -0.39 is 6.04 Å². The minimum absolute atomic E-state index is 0.0867. The number of rotatable bonds is 4. The Balaban J connectivity index is 2.79. The third-order valence-electron chi connectivity index (χ3n) is 2.10. The van der Waals surface area contributed by atoms with Crippen molar-refractivity contribution in [3.63, 3.8) is 0 Å². The summed E-state index contributed by atoms with van der Waals surface area (Å²) < 4.78 is 4.70. The van der Waals surface area contributed by atoms with Gasteiger partial charge in [0.15, 0.2) is 0 Å². The number of aromatic nitrogens is 2. The first-order chi connectivity index (χ1) is 7.54. The maximum absolute atomic E-state index is 11.5. The van der Waals surface area contributed by atoms with E-state index in [1.54, 1.807) is 6.07 Å². The molecule has 3 N–H and O–H groups in total. The number of nitrogens with zero attached hydrogens (tertiary/aromatic N) is 2. The SMILES string of the molecule is COC(=O)C(Nc1ccnc(N)n1)C(C)C. The molecule has 16 heavy (non-hydrogen) atoms. The number of ether oxygens (including phenoxy) is 1. The van der Waals surface area contributed by atoms with Gasteiger partial charge >= 0.3 is 5.97 Å². The van der Waals surface area contributed by atoms with Gasteiger partial charge in [0.25, 0.3) is 0 Å². The molecule has 0 saturated heterocycles. The highest BCUT2D eigenvalue weighted by Gasteiger charge is 2.23. The molecule has 1 aromatic heterocycles. The number of carbonyl (C=O) groups excluding carboxylic acids is 1. The number of esters is 1. The van der Waals surface area contributed by atoms with Crippen molar-refractivity contribution in [3.8, 4) is 0 Å². The van der Waals surface area contributed by atoms with Crippen LogP contribution in [0.25, 0.3) is 0 Å². The molecule has 1 aromatic rings. The van der Waals surface area contributed by atoms with Crippen LogP contribution in [0.5, 0.6) is 0 Å². The Morgan fingerprint density at radius 1 is 1.56 bits per heavy atom. The van der Waals surface area contributed by atoms with E-state index in [1.807, 2.05) is 13.8 Å². The molecular weight excluding hydrogens is 208 g/mol. The monoisotopic (exact) mass is 224 g/mol. The van der Waals surface area contributed by atoms with Gasteiger partial charge in [-0.05, 0) is 12.0 Å². The lowest BCUT2D eigenvalue weighted by Crippen LogP contribution is -2.35. The van der Waals surface area contributed by atoms with Crippen molar-refractivity contribution in [2.24, 2.45) is 5.92 Å². The minimum atomic E-state index is -0.445. The Bertz CT molecular complexity index is 368. The zero-order valence-corrected chi connectivity index (χ0v) is 9.60. The fourth-order valence-corrected chi connectivity index (χ4v) is 1.24.